The predicted octanol–water partition coefficient (Wildman–Crippen LogP) is 2.05. The Morgan fingerprint density at radius 2 is 2.05 bits per heavy atom. The second-order valence-electron chi connectivity index (χ2n) is 6.43. The molecule has 0 unspecified atom stereocenters. The Morgan fingerprint density at radius 1 is 1.36 bits per heavy atom. The molecule has 0 atom stereocenters. The fraction of sp³-hybridized carbons (Fsp3) is 0.765. The van der Waals surface area contributed by atoms with Crippen LogP contribution in [-0.2, 0) is 17.8 Å². The minimum atomic E-state index is 0.117. The first-order valence-corrected chi connectivity index (χ1v) is 8.52. The first-order valence-electron chi connectivity index (χ1n) is 8.52. The van der Waals surface area contributed by atoms with Gasteiger partial charge in [0.05, 0.1) is 18.8 Å². The number of nitrogens with zero attached hydrogens (tertiary/aromatic N) is 3. The van der Waals surface area contributed by atoms with Crippen LogP contribution in [0.15, 0.2) is 0 Å². The van der Waals surface area contributed by atoms with Crippen LogP contribution in [0.25, 0.3) is 0 Å². The van der Waals surface area contributed by atoms with Gasteiger partial charge in [0.25, 0.3) is 0 Å². The lowest BCUT2D eigenvalue weighted by Crippen LogP contribution is -2.40. The molecule has 2 rings (SSSR count). The second kappa shape index (κ2) is 7.77. The lowest BCUT2D eigenvalue weighted by molar-refractivity contribution is -0.122. The third-order valence-electron chi connectivity index (χ3n) is 4.87. The number of hydrogen-bond acceptors (Lipinski definition) is 3. The summed E-state index contributed by atoms with van der Waals surface area (Å²) < 4.78 is 2.01. The number of nitrogens with one attached hydrogen (secondary N) is 1. The third kappa shape index (κ3) is 4.09. The standard InChI is InChI=1S/C17H30N4O/c1-5-16-13(2)19-21(14(16)3)11-10-18-17(22)12-20(4)15-8-6-7-9-15/h15H,5-12H2,1-4H3,(H,18,22). The lowest BCUT2D eigenvalue weighted by Gasteiger charge is -2.23. The molecule has 0 bridgehead atoms. The van der Waals surface area contributed by atoms with E-state index in [1.165, 1.54) is 36.9 Å². The van der Waals surface area contributed by atoms with Gasteiger partial charge in [-0.1, -0.05) is 19.8 Å². The van der Waals surface area contributed by atoms with Crippen LogP contribution in [0.4, 0.5) is 0 Å². The molecule has 124 valence electrons. The van der Waals surface area contributed by atoms with Crippen LogP contribution in [0.2, 0.25) is 0 Å². The van der Waals surface area contributed by atoms with E-state index in [0.717, 1.165) is 18.7 Å². The van der Waals surface area contributed by atoms with Crippen molar-refractivity contribution in [2.45, 2.75) is 65.5 Å². The van der Waals surface area contributed by atoms with Crippen molar-refractivity contribution in [3.05, 3.63) is 17.0 Å². The highest BCUT2D eigenvalue weighted by atomic mass is 16.2. The number of carbonyl (C=O) groups excluding carboxylic acids is 1. The maximum atomic E-state index is 12.0. The smallest absolute Gasteiger partial charge is 0.234 e. The van der Waals surface area contributed by atoms with Crippen LogP contribution in [0, 0.1) is 13.8 Å². The molecule has 0 spiro atoms. The van der Waals surface area contributed by atoms with Crippen LogP contribution in [0.1, 0.15) is 49.6 Å². The number of carbonyl (C=O) groups is 1. The zero-order valence-electron chi connectivity index (χ0n) is 14.5. The van der Waals surface area contributed by atoms with Crippen LogP contribution in [0.5, 0.6) is 0 Å². The van der Waals surface area contributed by atoms with Gasteiger partial charge in [-0.15, -0.1) is 0 Å². The van der Waals surface area contributed by atoms with Crippen molar-refractivity contribution in [2.75, 3.05) is 20.1 Å². The Balaban J connectivity index is 1.75. The molecule has 1 aliphatic carbocycles. The summed E-state index contributed by atoms with van der Waals surface area (Å²) in [5.41, 5.74) is 3.65. The highest BCUT2D eigenvalue weighted by Crippen LogP contribution is 2.21. The summed E-state index contributed by atoms with van der Waals surface area (Å²) in [5, 5.41) is 7.57. The number of likely N-dealkylation sites (N-methyl/N-ethyl adjacent to an activating group) is 1. The maximum Gasteiger partial charge on any atom is 0.234 e. The van der Waals surface area contributed by atoms with E-state index in [1.807, 2.05) is 4.68 Å². The molecule has 1 fully saturated rings. The van der Waals surface area contributed by atoms with E-state index in [9.17, 15) is 4.79 Å². The van der Waals surface area contributed by atoms with Crippen LogP contribution >= 0.6 is 0 Å². The van der Waals surface area contributed by atoms with Gasteiger partial charge >= 0.3 is 0 Å². The van der Waals surface area contributed by atoms with Gasteiger partial charge in [-0.25, -0.2) is 0 Å². The van der Waals surface area contributed by atoms with Crippen LogP contribution < -0.4 is 5.32 Å². The molecule has 22 heavy (non-hydrogen) atoms. The van der Waals surface area contributed by atoms with Crippen molar-refractivity contribution in [1.29, 1.82) is 0 Å². The number of aryl methyl sites for hydroxylation is 1. The van der Waals surface area contributed by atoms with Gasteiger partial charge in [0, 0.05) is 18.3 Å². The molecule has 1 aliphatic rings. The molecule has 0 aliphatic heterocycles. The number of aromatic nitrogens is 2. The summed E-state index contributed by atoms with van der Waals surface area (Å²) in [6.07, 6.45) is 6.07. The van der Waals surface area contributed by atoms with Gasteiger partial charge in [0.2, 0.25) is 5.91 Å². The average Bonchev–Trinajstić information content (AvgIpc) is 3.08. The minimum Gasteiger partial charge on any atom is -0.353 e. The average molecular weight is 306 g/mol. The normalized spacial score (nSPS) is 15.7. The van der Waals surface area contributed by atoms with Crippen LogP contribution in [0.3, 0.4) is 0 Å². The molecule has 0 aromatic carbocycles. The molecule has 0 radical (unpaired) electrons. The minimum absolute atomic E-state index is 0.117. The van der Waals surface area contributed by atoms with Gasteiger partial charge in [-0.05, 0) is 45.7 Å². The van der Waals surface area contributed by atoms with E-state index in [4.69, 9.17) is 0 Å². The Hall–Kier alpha value is -1.36. The van der Waals surface area contributed by atoms with Gasteiger partial charge in [-0.2, -0.15) is 5.10 Å². The van der Waals surface area contributed by atoms with E-state index in [0.29, 0.717) is 19.1 Å². The molecule has 1 saturated carbocycles. The van der Waals surface area contributed by atoms with E-state index in [-0.39, 0.29) is 5.91 Å². The fourth-order valence-corrected chi connectivity index (χ4v) is 3.52. The van der Waals surface area contributed by atoms with Crippen molar-refractivity contribution in [1.82, 2.24) is 20.0 Å². The topological polar surface area (TPSA) is 50.2 Å². The van der Waals surface area contributed by atoms with Crippen molar-refractivity contribution in [3.8, 4) is 0 Å². The highest BCUT2D eigenvalue weighted by Gasteiger charge is 2.21. The van der Waals surface area contributed by atoms with Crippen molar-refractivity contribution in [3.63, 3.8) is 0 Å². The third-order valence-corrected chi connectivity index (χ3v) is 4.87. The Kier molecular flexibility index (Phi) is 6.00. The SMILES string of the molecule is CCc1c(C)nn(CCNC(=O)CN(C)C2CCCC2)c1C. The number of amides is 1. The molecule has 5 nitrogen and oxygen atoms in total. The quantitative estimate of drug-likeness (QED) is 0.839. The predicted molar refractivity (Wildman–Crippen MR) is 89.0 cm³/mol. The van der Waals surface area contributed by atoms with Crippen molar-refractivity contribution in [2.24, 2.45) is 0 Å². The maximum absolute atomic E-state index is 12.0. The Labute approximate surface area is 134 Å². The number of rotatable bonds is 7. The van der Waals surface area contributed by atoms with Crippen molar-refractivity contribution >= 4 is 5.91 Å². The second-order valence-corrected chi connectivity index (χ2v) is 6.43. The van der Waals surface area contributed by atoms with Crippen molar-refractivity contribution < 1.29 is 4.79 Å². The van der Waals surface area contributed by atoms with Gasteiger partial charge in [0.15, 0.2) is 0 Å². The van der Waals surface area contributed by atoms with E-state index < -0.39 is 0 Å². The molecule has 1 heterocycles. The summed E-state index contributed by atoms with van der Waals surface area (Å²) in [4.78, 5) is 14.2. The van der Waals surface area contributed by atoms with Gasteiger partial charge in [0.1, 0.15) is 0 Å². The zero-order chi connectivity index (χ0) is 16.1. The molecule has 1 aromatic rings. The Bertz CT molecular complexity index is 503. The zero-order valence-corrected chi connectivity index (χ0v) is 14.5. The summed E-state index contributed by atoms with van der Waals surface area (Å²) in [6, 6.07) is 0.592. The van der Waals surface area contributed by atoms with Gasteiger partial charge < -0.3 is 5.32 Å². The highest BCUT2D eigenvalue weighted by molar-refractivity contribution is 5.77. The molecule has 1 N–H and O–H groups in total. The summed E-state index contributed by atoms with van der Waals surface area (Å²) in [5.74, 6) is 0.117. The first-order chi connectivity index (χ1) is 10.5. The summed E-state index contributed by atoms with van der Waals surface area (Å²) >= 11 is 0. The molecule has 0 saturated heterocycles. The van der Waals surface area contributed by atoms with E-state index in [1.54, 1.807) is 0 Å². The Morgan fingerprint density at radius 3 is 2.64 bits per heavy atom. The molecular formula is C17H30N4O. The molecule has 5 heteroatoms. The first kappa shape index (κ1) is 17.0. The fourth-order valence-electron chi connectivity index (χ4n) is 3.52. The largest absolute Gasteiger partial charge is 0.353 e. The molecule has 1 aromatic heterocycles. The number of hydrogen-bond donors (Lipinski definition) is 1. The molecular weight excluding hydrogens is 276 g/mol. The summed E-state index contributed by atoms with van der Waals surface area (Å²) in [6.45, 7) is 8.20. The van der Waals surface area contributed by atoms with Gasteiger partial charge in [-0.3, -0.25) is 14.4 Å². The van der Waals surface area contributed by atoms with E-state index >= 15 is 0 Å². The van der Waals surface area contributed by atoms with Crippen LogP contribution in [-0.4, -0.2) is 46.8 Å². The molecule has 1 amide bonds. The van der Waals surface area contributed by atoms with E-state index in [2.05, 4.69) is 43.1 Å². The monoisotopic (exact) mass is 306 g/mol. The summed E-state index contributed by atoms with van der Waals surface area (Å²) in [7, 11) is 2.06. The lowest BCUT2D eigenvalue weighted by atomic mass is 10.1.